The first-order chi connectivity index (χ1) is 17.1. The third kappa shape index (κ3) is 4.79. The minimum atomic E-state index is -0.646. The number of nitrogen functional groups attached to an aromatic ring is 1. The Bertz CT molecular complexity index is 1340. The first kappa shape index (κ1) is 24.2. The van der Waals surface area contributed by atoms with E-state index in [1.807, 2.05) is 13.8 Å². The Kier molecular flexibility index (Phi) is 6.18. The number of nitrogens with zero attached hydrogens (tertiary/aromatic N) is 5. The molecular formula is C27H34N6O3. The number of aryl methyl sites for hydroxylation is 3. The van der Waals surface area contributed by atoms with Crippen LogP contribution in [-0.2, 0) is 13.5 Å². The summed E-state index contributed by atoms with van der Waals surface area (Å²) < 4.78 is 12.7. The molecule has 2 aliphatic carbocycles. The first-order valence-corrected chi connectivity index (χ1v) is 12.7. The van der Waals surface area contributed by atoms with Crippen molar-refractivity contribution in [3.05, 3.63) is 58.2 Å². The van der Waals surface area contributed by atoms with Crippen LogP contribution in [0.3, 0.4) is 0 Å². The van der Waals surface area contributed by atoms with Gasteiger partial charge < -0.3 is 15.0 Å². The molecule has 3 heterocycles. The Balaban J connectivity index is 1.28. The number of allylic oxidation sites excluding steroid dienone is 5. The minimum absolute atomic E-state index is 0.179. The van der Waals surface area contributed by atoms with E-state index in [0.717, 1.165) is 49.2 Å². The van der Waals surface area contributed by atoms with Gasteiger partial charge in [0.25, 0.3) is 0 Å². The quantitative estimate of drug-likeness (QED) is 0.667. The van der Waals surface area contributed by atoms with Gasteiger partial charge in [-0.2, -0.15) is 14.7 Å². The number of hydrogen-bond donors (Lipinski definition) is 1. The highest BCUT2D eigenvalue weighted by atomic mass is 16.5. The molecule has 0 atom stereocenters. The van der Waals surface area contributed by atoms with Gasteiger partial charge in [0.2, 0.25) is 5.88 Å². The van der Waals surface area contributed by atoms with Gasteiger partial charge in [-0.15, -0.1) is 0 Å². The summed E-state index contributed by atoms with van der Waals surface area (Å²) in [5.41, 5.74) is 7.98. The summed E-state index contributed by atoms with van der Waals surface area (Å²) in [5, 5.41) is 0. The average Bonchev–Trinajstić information content (AvgIpc) is 3.12. The van der Waals surface area contributed by atoms with Gasteiger partial charge in [-0.25, -0.2) is 14.8 Å². The summed E-state index contributed by atoms with van der Waals surface area (Å²) in [6, 6.07) is 0. The summed E-state index contributed by atoms with van der Waals surface area (Å²) >= 11 is 0. The van der Waals surface area contributed by atoms with E-state index in [-0.39, 0.29) is 5.41 Å². The van der Waals surface area contributed by atoms with Gasteiger partial charge in [-0.1, -0.05) is 30.4 Å². The lowest BCUT2D eigenvalue weighted by Gasteiger charge is -2.38. The number of rotatable bonds is 4. The fourth-order valence-electron chi connectivity index (χ4n) is 5.57. The van der Waals surface area contributed by atoms with Crippen LogP contribution in [0.25, 0.3) is 0 Å². The molecule has 5 rings (SSSR count). The predicted molar refractivity (Wildman–Crippen MR) is 138 cm³/mol. The van der Waals surface area contributed by atoms with E-state index in [2.05, 4.69) is 45.3 Å². The molecule has 1 aliphatic heterocycles. The van der Waals surface area contributed by atoms with E-state index < -0.39 is 11.4 Å². The van der Waals surface area contributed by atoms with E-state index in [9.17, 15) is 4.79 Å². The topological polar surface area (TPSA) is 121 Å². The Morgan fingerprint density at radius 1 is 1.19 bits per heavy atom. The second-order valence-corrected chi connectivity index (χ2v) is 10.7. The summed E-state index contributed by atoms with van der Waals surface area (Å²) in [5.74, 6) is 2.19. The van der Waals surface area contributed by atoms with Crippen molar-refractivity contribution in [3.8, 4) is 5.88 Å². The molecule has 1 fully saturated rings. The monoisotopic (exact) mass is 490 g/mol. The van der Waals surface area contributed by atoms with E-state index >= 15 is 0 Å². The molecule has 2 N–H and O–H groups in total. The van der Waals surface area contributed by atoms with Crippen LogP contribution in [0.2, 0.25) is 0 Å². The molecule has 1 saturated carbocycles. The Labute approximate surface area is 210 Å². The van der Waals surface area contributed by atoms with Gasteiger partial charge in [-0.3, -0.25) is 0 Å². The SMILES string of the molecule is Cc1nc(N)c2c(n1)OC(C)(C)C(C1=C/C=C/C3(CC=C1)CCC(CCc1nc(=O)on1C)CC3)=N2. The molecular weight excluding hydrogens is 456 g/mol. The predicted octanol–water partition coefficient (Wildman–Crippen LogP) is 4.55. The van der Waals surface area contributed by atoms with Gasteiger partial charge in [0.05, 0.1) is 5.71 Å². The molecule has 1 spiro atoms. The van der Waals surface area contributed by atoms with E-state index in [1.165, 1.54) is 17.6 Å². The molecule has 2 aromatic heterocycles. The lowest BCUT2D eigenvalue weighted by Crippen LogP contribution is -2.41. The minimum Gasteiger partial charge on any atom is -0.463 e. The molecule has 3 aliphatic rings. The number of nitrogens with two attached hydrogens (primary N) is 1. The van der Waals surface area contributed by atoms with Crippen molar-refractivity contribution in [2.24, 2.45) is 23.4 Å². The number of hydrogen-bond acceptors (Lipinski definition) is 8. The molecule has 2 aromatic rings. The van der Waals surface area contributed by atoms with Crippen LogP contribution < -0.4 is 16.2 Å². The highest BCUT2D eigenvalue weighted by molar-refractivity contribution is 6.11. The molecule has 9 nitrogen and oxygen atoms in total. The molecule has 0 bridgehead atoms. The molecule has 0 amide bonds. The number of aromatic nitrogens is 4. The van der Waals surface area contributed by atoms with E-state index in [1.54, 1.807) is 14.0 Å². The largest absolute Gasteiger partial charge is 0.463 e. The molecule has 9 heteroatoms. The van der Waals surface area contributed by atoms with E-state index in [0.29, 0.717) is 29.1 Å². The first-order valence-electron chi connectivity index (χ1n) is 12.7. The van der Waals surface area contributed by atoms with Crippen molar-refractivity contribution < 1.29 is 9.26 Å². The van der Waals surface area contributed by atoms with Crippen LogP contribution in [0.4, 0.5) is 11.5 Å². The Hall–Kier alpha value is -3.49. The van der Waals surface area contributed by atoms with Gasteiger partial charge in [-0.05, 0) is 76.2 Å². The highest BCUT2D eigenvalue weighted by Gasteiger charge is 2.37. The fourth-order valence-corrected chi connectivity index (χ4v) is 5.57. The third-order valence-electron chi connectivity index (χ3n) is 7.63. The van der Waals surface area contributed by atoms with Crippen molar-refractivity contribution in [2.75, 3.05) is 5.73 Å². The number of anilines is 1. The van der Waals surface area contributed by atoms with Crippen LogP contribution in [0.1, 0.15) is 64.0 Å². The Morgan fingerprint density at radius 2 is 1.97 bits per heavy atom. The maximum atomic E-state index is 11.3. The average molecular weight is 491 g/mol. The molecule has 0 saturated heterocycles. The van der Waals surface area contributed by atoms with Crippen LogP contribution in [-0.4, -0.2) is 31.0 Å². The van der Waals surface area contributed by atoms with Crippen LogP contribution in [0.5, 0.6) is 5.88 Å². The number of ether oxygens (including phenoxy) is 1. The van der Waals surface area contributed by atoms with Crippen LogP contribution in [0, 0.1) is 18.3 Å². The van der Waals surface area contributed by atoms with Crippen LogP contribution in [0.15, 0.2) is 50.3 Å². The van der Waals surface area contributed by atoms with Gasteiger partial charge in [0.15, 0.2) is 11.5 Å². The molecule has 0 unspecified atom stereocenters. The van der Waals surface area contributed by atoms with Crippen molar-refractivity contribution in [1.29, 1.82) is 0 Å². The molecule has 190 valence electrons. The van der Waals surface area contributed by atoms with Gasteiger partial charge in [0, 0.05) is 13.5 Å². The normalized spacial score (nSPS) is 25.8. The summed E-state index contributed by atoms with van der Waals surface area (Å²) in [7, 11) is 1.74. The lowest BCUT2D eigenvalue weighted by molar-refractivity contribution is 0.171. The number of fused-ring (bicyclic) bond motifs is 1. The Morgan fingerprint density at radius 3 is 2.69 bits per heavy atom. The molecule has 0 aromatic carbocycles. The van der Waals surface area contributed by atoms with Crippen molar-refractivity contribution in [2.45, 2.75) is 71.3 Å². The smallest absolute Gasteiger partial charge is 0.459 e. The zero-order chi connectivity index (χ0) is 25.5. The highest BCUT2D eigenvalue weighted by Crippen LogP contribution is 2.45. The number of aliphatic imine (C=N–C) groups is 1. The molecule has 0 radical (unpaired) electrons. The maximum Gasteiger partial charge on any atom is 0.459 e. The zero-order valence-electron chi connectivity index (χ0n) is 21.5. The lowest BCUT2D eigenvalue weighted by atomic mass is 9.67. The zero-order valence-corrected chi connectivity index (χ0v) is 21.5. The van der Waals surface area contributed by atoms with Crippen molar-refractivity contribution >= 4 is 17.2 Å². The second-order valence-electron chi connectivity index (χ2n) is 10.7. The third-order valence-corrected chi connectivity index (χ3v) is 7.63. The van der Waals surface area contributed by atoms with Gasteiger partial charge >= 0.3 is 5.76 Å². The summed E-state index contributed by atoms with van der Waals surface area (Å²) in [6.07, 6.45) is 18.5. The van der Waals surface area contributed by atoms with Crippen molar-refractivity contribution in [1.82, 2.24) is 19.7 Å². The maximum absolute atomic E-state index is 11.3. The van der Waals surface area contributed by atoms with Gasteiger partial charge in [0.1, 0.15) is 17.2 Å². The summed E-state index contributed by atoms with van der Waals surface area (Å²) in [6.45, 7) is 5.79. The summed E-state index contributed by atoms with van der Waals surface area (Å²) in [4.78, 5) is 28.8. The fraction of sp³-hybridized carbons (Fsp3) is 0.519. The standard InChI is InChI=1S/C27H34N6O3/c1-17-29-23(28)21-24(30-17)35-26(2,3)22(32-21)19-7-5-13-27(14-6-8-19)15-11-18(12-16-27)9-10-20-31-25(34)36-33(20)4/h5-8,13,18H,9-12,14-16H2,1-4H3,(H2,28,29,30)/b8-6?,13-5+,19-7?. The second kappa shape index (κ2) is 9.19. The van der Waals surface area contributed by atoms with Crippen LogP contribution >= 0.6 is 0 Å². The van der Waals surface area contributed by atoms with E-state index in [4.69, 9.17) is 20.0 Å². The van der Waals surface area contributed by atoms with Crippen molar-refractivity contribution in [3.63, 3.8) is 0 Å². The molecule has 36 heavy (non-hydrogen) atoms.